The Balaban J connectivity index is 1.44. The van der Waals surface area contributed by atoms with Crippen LogP contribution in [0.4, 0.5) is 0 Å². The minimum atomic E-state index is -0.144. The van der Waals surface area contributed by atoms with Crippen molar-refractivity contribution in [1.29, 1.82) is 0 Å². The Morgan fingerprint density at radius 3 is 2.73 bits per heavy atom. The molecule has 1 aliphatic rings. The van der Waals surface area contributed by atoms with Crippen LogP contribution in [-0.2, 0) is 0 Å². The third kappa shape index (κ3) is 3.53. The summed E-state index contributed by atoms with van der Waals surface area (Å²) in [6.45, 7) is 1.15. The molecule has 0 aliphatic carbocycles. The first-order valence-electron chi connectivity index (χ1n) is 8.50. The molecule has 1 unspecified atom stereocenters. The highest BCUT2D eigenvalue weighted by Gasteiger charge is 2.27. The number of piperidine rings is 1. The largest absolute Gasteiger partial charge is 0.458 e. The molecule has 2 aromatic heterocycles. The maximum atomic E-state index is 12.8. The van der Waals surface area contributed by atoms with Gasteiger partial charge in [0.15, 0.2) is 5.69 Å². The second kappa shape index (κ2) is 7.30. The van der Waals surface area contributed by atoms with Gasteiger partial charge in [-0.25, -0.2) is 9.97 Å². The highest BCUT2D eigenvalue weighted by Crippen LogP contribution is 2.17. The number of hydrogen-bond donors (Lipinski definition) is 0. The van der Waals surface area contributed by atoms with Crippen LogP contribution in [0, 0.1) is 0 Å². The average molecular weight is 350 g/mol. The standard InChI is InChI=1S/C18H18N6O2/c25-17(16-12-21-24(22-16)14-6-2-1-3-7-14)23-11-4-8-15(13-23)26-18-19-9-5-10-20-18/h1-3,5-7,9-10,12,15H,4,8,11,13H2. The van der Waals surface area contributed by atoms with Gasteiger partial charge in [-0.05, 0) is 31.0 Å². The minimum absolute atomic E-state index is 0.126. The van der Waals surface area contributed by atoms with E-state index in [0.717, 1.165) is 18.5 Å². The zero-order valence-electron chi connectivity index (χ0n) is 14.1. The Hall–Kier alpha value is -3.29. The van der Waals surface area contributed by atoms with Crippen LogP contribution in [0.2, 0.25) is 0 Å². The SMILES string of the molecule is O=C(c1cnn(-c2ccccc2)n1)N1CCCC(Oc2ncccn2)C1. The van der Waals surface area contributed by atoms with Gasteiger partial charge in [-0.2, -0.15) is 9.90 Å². The number of nitrogens with zero attached hydrogens (tertiary/aromatic N) is 6. The fourth-order valence-electron chi connectivity index (χ4n) is 2.92. The van der Waals surface area contributed by atoms with Gasteiger partial charge in [0.2, 0.25) is 0 Å². The van der Waals surface area contributed by atoms with Crippen LogP contribution >= 0.6 is 0 Å². The van der Waals surface area contributed by atoms with E-state index in [1.54, 1.807) is 23.4 Å². The lowest BCUT2D eigenvalue weighted by Gasteiger charge is -2.31. The molecule has 0 saturated carbocycles. The molecule has 1 aromatic carbocycles. The van der Waals surface area contributed by atoms with Crippen LogP contribution in [-0.4, -0.2) is 55.0 Å². The second-order valence-corrected chi connectivity index (χ2v) is 6.02. The van der Waals surface area contributed by atoms with Crippen molar-refractivity contribution in [2.45, 2.75) is 18.9 Å². The molecule has 8 nitrogen and oxygen atoms in total. The van der Waals surface area contributed by atoms with Gasteiger partial charge in [-0.3, -0.25) is 4.79 Å². The van der Waals surface area contributed by atoms with Gasteiger partial charge in [0.1, 0.15) is 6.10 Å². The summed E-state index contributed by atoms with van der Waals surface area (Å²) in [5, 5.41) is 8.51. The van der Waals surface area contributed by atoms with Gasteiger partial charge in [-0.15, -0.1) is 5.10 Å². The number of benzene rings is 1. The van der Waals surface area contributed by atoms with E-state index < -0.39 is 0 Å². The Kier molecular flexibility index (Phi) is 4.55. The summed E-state index contributed by atoms with van der Waals surface area (Å²) in [7, 11) is 0. The molecule has 0 bridgehead atoms. The third-order valence-corrected chi connectivity index (χ3v) is 4.18. The van der Waals surface area contributed by atoms with Crippen molar-refractivity contribution in [3.05, 3.63) is 60.7 Å². The molecule has 132 valence electrons. The van der Waals surface area contributed by atoms with E-state index in [9.17, 15) is 4.79 Å². The van der Waals surface area contributed by atoms with Crippen molar-refractivity contribution in [2.24, 2.45) is 0 Å². The molecule has 3 aromatic rings. The summed E-state index contributed by atoms with van der Waals surface area (Å²) in [6, 6.07) is 11.6. The third-order valence-electron chi connectivity index (χ3n) is 4.18. The number of amides is 1. The summed E-state index contributed by atoms with van der Waals surface area (Å²) in [4.78, 5) is 24.1. The molecule has 0 spiro atoms. The average Bonchev–Trinajstić information content (AvgIpc) is 3.19. The first-order valence-corrected chi connectivity index (χ1v) is 8.50. The van der Waals surface area contributed by atoms with Crippen LogP contribution in [0.25, 0.3) is 5.69 Å². The fraction of sp³-hybridized carbons (Fsp3) is 0.278. The van der Waals surface area contributed by atoms with Crippen LogP contribution < -0.4 is 4.74 Å². The Labute approximate surface area is 150 Å². The van der Waals surface area contributed by atoms with Crippen molar-refractivity contribution in [3.8, 4) is 11.7 Å². The van der Waals surface area contributed by atoms with Gasteiger partial charge in [-0.1, -0.05) is 18.2 Å². The van der Waals surface area contributed by atoms with Crippen LogP contribution in [0.1, 0.15) is 23.3 Å². The van der Waals surface area contributed by atoms with Gasteiger partial charge in [0, 0.05) is 18.9 Å². The molecular formula is C18H18N6O2. The van der Waals surface area contributed by atoms with E-state index in [4.69, 9.17) is 4.74 Å². The maximum absolute atomic E-state index is 12.8. The van der Waals surface area contributed by atoms with E-state index in [1.807, 2.05) is 30.3 Å². The van der Waals surface area contributed by atoms with Gasteiger partial charge >= 0.3 is 6.01 Å². The van der Waals surface area contributed by atoms with Crippen LogP contribution in [0.3, 0.4) is 0 Å². The number of carbonyl (C=O) groups is 1. The molecule has 4 rings (SSSR count). The molecule has 1 atom stereocenters. The Morgan fingerprint density at radius 2 is 1.92 bits per heavy atom. The predicted octanol–water partition coefficient (Wildman–Crippen LogP) is 1.74. The van der Waals surface area contributed by atoms with E-state index >= 15 is 0 Å². The molecule has 1 amide bonds. The van der Waals surface area contributed by atoms with Crippen molar-refractivity contribution in [1.82, 2.24) is 29.9 Å². The van der Waals surface area contributed by atoms with Crippen LogP contribution in [0.15, 0.2) is 55.0 Å². The smallest absolute Gasteiger partial charge is 0.316 e. The Morgan fingerprint density at radius 1 is 1.12 bits per heavy atom. The van der Waals surface area contributed by atoms with Crippen LogP contribution in [0.5, 0.6) is 6.01 Å². The molecule has 0 N–H and O–H groups in total. The Bertz CT molecular complexity index is 868. The molecule has 1 saturated heterocycles. The summed E-state index contributed by atoms with van der Waals surface area (Å²) in [5.74, 6) is -0.144. The zero-order valence-corrected chi connectivity index (χ0v) is 14.1. The lowest BCUT2D eigenvalue weighted by Crippen LogP contribution is -2.44. The van der Waals surface area contributed by atoms with Gasteiger partial charge in [0.25, 0.3) is 5.91 Å². The fourth-order valence-corrected chi connectivity index (χ4v) is 2.92. The van der Waals surface area contributed by atoms with E-state index in [1.165, 1.54) is 11.0 Å². The van der Waals surface area contributed by atoms with E-state index in [0.29, 0.717) is 24.8 Å². The molecule has 26 heavy (non-hydrogen) atoms. The van der Waals surface area contributed by atoms with E-state index in [2.05, 4.69) is 20.2 Å². The number of aromatic nitrogens is 5. The highest BCUT2D eigenvalue weighted by atomic mass is 16.5. The van der Waals surface area contributed by atoms with Gasteiger partial charge < -0.3 is 9.64 Å². The summed E-state index contributed by atoms with van der Waals surface area (Å²) in [6.07, 6.45) is 6.36. The minimum Gasteiger partial charge on any atom is -0.458 e. The molecule has 3 heterocycles. The predicted molar refractivity (Wildman–Crippen MR) is 92.9 cm³/mol. The monoisotopic (exact) mass is 350 g/mol. The topological polar surface area (TPSA) is 86.0 Å². The van der Waals surface area contributed by atoms with E-state index in [-0.39, 0.29) is 12.0 Å². The normalized spacial score (nSPS) is 17.1. The number of para-hydroxylation sites is 1. The highest BCUT2D eigenvalue weighted by molar-refractivity contribution is 5.92. The second-order valence-electron chi connectivity index (χ2n) is 6.02. The molecule has 8 heteroatoms. The molecular weight excluding hydrogens is 332 g/mol. The summed E-state index contributed by atoms with van der Waals surface area (Å²) < 4.78 is 5.79. The van der Waals surface area contributed by atoms with Crippen molar-refractivity contribution in [3.63, 3.8) is 0 Å². The quantitative estimate of drug-likeness (QED) is 0.712. The van der Waals surface area contributed by atoms with Gasteiger partial charge in [0.05, 0.1) is 18.4 Å². The number of hydrogen-bond acceptors (Lipinski definition) is 6. The summed E-state index contributed by atoms with van der Waals surface area (Å²) in [5.41, 5.74) is 1.14. The lowest BCUT2D eigenvalue weighted by atomic mass is 10.1. The number of rotatable bonds is 4. The number of ether oxygens (including phenoxy) is 1. The summed E-state index contributed by atoms with van der Waals surface area (Å²) >= 11 is 0. The lowest BCUT2D eigenvalue weighted by molar-refractivity contribution is 0.0510. The van der Waals surface area contributed by atoms with Crippen molar-refractivity contribution in [2.75, 3.05) is 13.1 Å². The number of carbonyl (C=O) groups excluding carboxylic acids is 1. The van der Waals surface area contributed by atoms with Crippen molar-refractivity contribution >= 4 is 5.91 Å². The molecule has 1 fully saturated rings. The zero-order chi connectivity index (χ0) is 17.8. The molecule has 0 radical (unpaired) electrons. The first kappa shape index (κ1) is 16.2. The first-order chi connectivity index (χ1) is 12.8. The van der Waals surface area contributed by atoms with Crippen molar-refractivity contribution < 1.29 is 9.53 Å². The maximum Gasteiger partial charge on any atom is 0.316 e. The molecule has 1 aliphatic heterocycles. The number of likely N-dealkylation sites (tertiary alicyclic amines) is 1.